The van der Waals surface area contributed by atoms with Gasteiger partial charge in [0.1, 0.15) is 6.26 Å². The molecule has 0 saturated heterocycles. The molecule has 0 N–H and O–H groups in total. The van der Waals surface area contributed by atoms with Gasteiger partial charge in [0, 0.05) is 5.56 Å². The molecular formula is C17H14O4. The van der Waals surface area contributed by atoms with E-state index in [-0.39, 0.29) is 6.61 Å². The molecule has 3 rings (SSSR count). The van der Waals surface area contributed by atoms with Crippen LogP contribution in [0.5, 0.6) is 0 Å². The van der Waals surface area contributed by atoms with Crippen molar-refractivity contribution in [1.29, 1.82) is 0 Å². The van der Waals surface area contributed by atoms with Gasteiger partial charge in [0.2, 0.25) is 0 Å². The Balaban J connectivity index is 1.61. The molecule has 106 valence electrons. The molecule has 2 aromatic rings. The molecule has 0 radical (unpaired) electrons. The average Bonchev–Trinajstić information content (AvgIpc) is 2.57. The van der Waals surface area contributed by atoms with Crippen molar-refractivity contribution in [2.24, 2.45) is 0 Å². The number of esters is 1. The quantitative estimate of drug-likeness (QED) is 0.811. The summed E-state index contributed by atoms with van der Waals surface area (Å²) in [4.78, 5) is 11.9. The number of ether oxygens (including phenoxy) is 3. The highest BCUT2D eigenvalue weighted by molar-refractivity contribution is 5.89. The van der Waals surface area contributed by atoms with Crippen LogP contribution >= 0.6 is 0 Å². The van der Waals surface area contributed by atoms with E-state index in [4.69, 9.17) is 14.2 Å². The first-order valence-corrected chi connectivity index (χ1v) is 6.63. The molecule has 0 saturated carbocycles. The zero-order valence-electron chi connectivity index (χ0n) is 11.3. The second-order valence-electron chi connectivity index (χ2n) is 4.50. The lowest BCUT2D eigenvalue weighted by molar-refractivity contribution is -0.110. The number of rotatable bonds is 3. The average molecular weight is 282 g/mol. The molecule has 1 aliphatic rings. The Morgan fingerprint density at radius 3 is 2.29 bits per heavy atom. The molecule has 1 heterocycles. The smallest absolute Gasteiger partial charge is 0.341 e. The second-order valence-corrected chi connectivity index (χ2v) is 4.50. The summed E-state index contributed by atoms with van der Waals surface area (Å²) in [5.41, 5.74) is 1.41. The van der Waals surface area contributed by atoms with Gasteiger partial charge in [-0.3, -0.25) is 0 Å². The van der Waals surface area contributed by atoms with Crippen molar-refractivity contribution in [2.45, 2.75) is 6.29 Å². The van der Waals surface area contributed by atoms with Crippen LogP contribution in [0.3, 0.4) is 0 Å². The fourth-order valence-electron chi connectivity index (χ4n) is 1.95. The molecule has 21 heavy (non-hydrogen) atoms. The molecular weight excluding hydrogens is 268 g/mol. The molecule has 1 aliphatic heterocycles. The monoisotopic (exact) mass is 282 g/mol. The Morgan fingerprint density at radius 2 is 1.67 bits per heavy atom. The Labute approximate surface area is 122 Å². The highest BCUT2D eigenvalue weighted by Gasteiger charge is 2.21. The lowest BCUT2D eigenvalue weighted by Gasteiger charge is -2.23. The molecule has 1 unspecified atom stereocenters. The van der Waals surface area contributed by atoms with Crippen molar-refractivity contribution in [3.05, 3.63) is 78.1 Å². The van der Waals surface area contributed by atoms with Gasteiger partial charge in [0.15, 0.2) is 12.4 Å². The summed E-state index contributed by atoms with van der Waals surface area (Å²) in [6.45, 7) is 0.166. The van der Waals surface area contributed by atoms with E-state index in [2.05, 4.69) is 0 Å². The second kappa shape index (κ2) is 6.13. The summed E-state index contributed by atoms with van der Waals surface area (Å²) in [7, 11) is 0. The maximum atomic E-state index is 11.9. The Kier molecular flexibility index (Phi) is 3.87. The third-order valence-electron chi connectivity index (χ3n) is 3.01. The predicted molar refractivity (Wildman–Crippen MR) is 77.1 cm³/mol. The fourth-order valence-corrected chi connectivity index (χ4v) is 1.95. The zero-order chi connectivity index (χ0) is 14.5. The SMILES string of the molecule is O=C(OC1COC(c2ccccc2)=CO1)c1ccccc1. The predicted octanol–water partition coefficient (Wildman–Crippen LogP) is 3.21. The van der Waals surface area contributed by atoms with Gasteiger partial charge in [0.25, 0.3) is 6.29 Å². The van der Waals surface area contributed by atoms with Gasteiger partial charge in [-0.1, -0.05) is 48.5 Å². The molecule has 0 aliphatic carbocycles. The Hall–Kier alpha value is -2.75. The van der Waals surface area contributed by atoms with Crippen LogP contribution in [0.2, 0.25) is 0 Å². The van der Waals surface area contributed by atoms with E-state index in [9.17, 15) is 4.79 Å². The molecule has 0 fully saturated rings. The first-order valence-electron chi connectivity index (χ1n) is 6.63. The van der Waals surface area contributed by atoms with Crippen LogP contribution in [0.25, 0.3) is 5.76 Å². The minimum Gasteiger partial charge on any atom is -0.482 e. The minimum atomic E-state index is -0.731. The third-order valence-corrected chi connectivity index (χ3v) is 3.01. The molecule has 2 aromatic carbocycles. The van der Waals surface area contributed by atoms with Gasteiger partial charge in [0.05, 0.1) is 5.56 Å². The summed E-state index contributed by atoms with van der Waals surface area (Å²) < 4.78 is 16.2. The van der Waals surface area contributed by atoms with Gasteiger partial charge < -0.3 is 14.2 Å². The molecule has 0 bridgehead atoms. The van der Waals surface area contributed by atoms with Crippen molar-refractivity contribution in [3.8, 4) is 0 Å². The minimum absolute atomic E-state index is 0.166. The van der Waals surface area contributed by atoms with Crippen molar-refractivity contribution in [1.82, 2.24) is 0 Å². The van der Waals surface area contributed by atoms with Gasteiger partial charge in [-0.05, 0) is 12.1 Å². The van der Waals surface area contributed by atoms with Crippen molar-refractivity contribution >= 4 is 11.7 Å². The number of carbonyl (C=O) groups is 1. The van der Waals surface area contributed by atoms with Crippen LogP contribution in [-0.4, -0.2) is 18.9 Å². The summed E-state index contributed by atoms with van der Waals surface area (Å²) in [6.07, 6.45) is 0.743. The number of hydrogen-bond acceptors (Lipinski definition) is 4. The van der Waals surface area contributed by atoms with Crippen molar-refractivity contribution in [2.75, 3.05) is 6.61 Å². The molecule has 4 nitrogen and oxygen atoms in total. The van der Waals surface area contributed by atoms with E-state index in [0.717, 1.165) is 5.56 Å². The Morgan fingerprint density at radius 1 is 1.00 bits per heavy atom. The summed E-state index contributed by atoms with van der Waals surface area (Å²) in [6, 6.07) is 18.4. The molecule has 0 aromatic heterocycles. The van der Waals surface area contributed by atoms with E-state index in [1.165, 1.54) is 6.26 Å². The lowest BCUT2D eigenvalue weighted by atomic mass is 10.2. The maximum Gasteiger partial charge on any atom is 0.341 e. The molecule has 4 heteroatoms. The van der Waals surface area contributed by atoms with Crippen molar-refractivity contribution < 1.29 is 19.0 Å². The highest BCUT2D eigenvalue weighted by Crippen LogP contribution is 2.21. The number of hydrogen-bond donors (Lipinski definition) is 0. The summed E-state index contributed by atoms with van der Waals surface area (Å²) >= 11 is 0. The van der Waals surface area contributed by atoms with Gasteiger partial charge in [-0.2, -0.15) is 0 Å². The normalized spacial score (nSPS) is 17.1. The molecule has 1 atom stereocenters. The molecule has 0 amide bonds. The fraction of sp³-hybridized carbons (Fsp3) is 0.118. The first-order chi connectivity index (χ1) is 10.3. The maximum absolute atomic E-state index is 11.9. The highest BCUT2D eigenvalue weighted by atomic mass is 16.7. The number of carbonyl (C=O) groups excluding carboxylic acids is 1. The van der Waals surface area contributed by atoms with Gasteiger partial charge in [-0.25, -0.2) is 4.79 Å². The summed E-state index contributed by atoms with van der Waals surface area (Å²) in [5.74, 6) is 0.198. The topological polar surface area (TPSA) is 44.8 Å². The number of benzene rings is 2. The van der Waals surface area contributed by atoms with Crippen LogP contribution in [0, 0.1) is 0 Å². The van der Waals surface area contributed by atoms with Crippen LogP contribution in [0.15, 0.2) is 66.9 Å². The largest absolute Gasteiger partial charge is 0.482 e. The lowest BCUT2D eigenvalue weighted by Crippen LogP contribution is -2.27. The van der Waals surface area contributed by atoms with E-state index in [1.807, 2.05) is 36.4 Å². The van der Waals surface area contributed by atoms with Gasteiger partial charge in [-0.15, -0.1) is 0 Å². The first kappa shape index (κ1) is 13.2. The zero-order valence-corrected chi connectivity index (χ0v) is 11.3. The summed E-state index contributed by atoms with van der Waals surface area (Å²) in [5, 5.41) is 0. The van der Waals surface area contributed by atoms with Gasteiger partial charge >= 0.3 is 5.97 Å². The van der Waals surface area contributed by atoms with Crippen LogP contribution in [-0.2, 0) is 14.2 Å². The molecule has 0 spiro atoms. The van der Waals surface area contributed by atoms with Crippen LogP contribution in [0.4, 0.5) is 0 Å². The Bertz CT molecular complexity index is 634. The van der Waals surface area contributed by atoms with Crippen LogP contribution < -0.4 is 0 Å². The third kappa shape index (κ3) is 3.23. The van der Waals surface area contributed by atoms with Crippen molar-refractivity contribution in [3.63, 3.8) is 0 Å². The van der Waals surface area contributed by atoms with E-state index < -0.39 is 12.3 Å². The van der Waals surface area contributed by atoms with Crippen LogP contribution in [0.1, 0.15) is 15.9 Å². The van der Waals surface area contributed by atoms with E-state index >= 15 is 0 Å². The van der Waals surface area contributed by atoms with E-state index in [0.29, 0.717) is 11.3 Å². The standard InChI is InChI=1S/C17H14O4/c18-17(14-9-5-2-6-10-14)21-16-12-19-15(11-20-16)13-7-3-1-4-8-13/h1-11,16H,12H2. The van der Waals surface area contributed by atoms with E-state index in [1.54, 1.807) is 24.3 Å².